The number of fused-ring (bicyclic) bond motifs is 1. The first kappa shape index (κ1) is 13.4. The minimum absolute atomic E-state index is 0.371. The van der Waals surface area contributed by atoms with Gasteiger partial charge in [0.15, 0.2) is 0 Å². The van der Waals surface area contributed by atoms with Crippen LogP contribution in [-0.2, 0) is 6.42 Å². The second kappa shape index (κ2) is 5.40. The van der Waals surface area contributed by atoms with E-state index in [1.54, 1.807) is 13.3 Å². The standard InChI is InChI=1S/C15H16BrN3O/c1-10-7-8-11-5-3-4-6-13(11)19(10)15-17-9-12(16)14(18-15)20-2/h3-6,9-10H,7-8H2,1-2H3. The molecule has 0 radical (unpaired) electrons. The molecule has 3 rings (SSSR count). The summed E-state index contributed by atoms with van der Waals surface area (Å²) in [4.78, 5) is 11.1. The summed E-state index contributed by atoms with van der Waals surface area (Å²) >= 11 is 3.39. The van der Waals surface area contributed by atoms with Crippen LogP contribution in [0.15, 0.2) is 34.9 Å². The van der Waals surface area contributed by atoms with Gasteiger partial charge in [0.05, 0.1) is 17.8 Å². The highest BCUT2D eigenvalue weighted by Crippen LogP contribution is 2.36. The van der Waals surface area contributed by atoms with Crippen molar-refractivity contribution in [1.82, 2.24) is 9.97 Å². The molecule has 5 heteroatoms. The Kier molecular flexibility index (Phi) is 3.61. The molecule has 2 heterocycles. The first-order valence-corrected chi connectivity index (χ1v) is 7.43. The lowest BCUT2D eigenvalue weighted by Crippen LogP contribution is -2.34. The lowest BCUT2D eigenvalue weighted by atomic mass is 9.97. The average molecular weight is 334 g/mol. The molecule has 20 heavy (non-hydrogen) atoms. The number of benzene rings is 1. The van der Waals surface area contributed by atoms with Gasteiger partial charge in [0, 0.05) is 11.7 Å². The maximum absolute atomic E-state index is 5.28. The maximum atomic E-state index is 5.28. The van der Waals surface area contributed by atoms with Crippen molar-refractivity contribution in [2.24, 2.45) is 0 Å². The van der Waals surface area contributed by atoms with Gasteiger partial charge in [-0.05, 0) is 47.3 Å². The molecule has 104 valence electrons. The molecule has 1 atom stereocenters. The molecule has 1 aliphatic heterocycles. The molecule has 0 amide bonds. The number of nitrogens with zero attached hydrogens (tertiary/aromatic N) is 3. The third-order valence-electron chi connectivity index (χ3n) is 3.63. The molecule has 2 aromatic rings. The van der Waals surface area contributed by atoms with Gasteiger partial charge in [0.1, 0.15) is 0 Å². The van der Waals surface area contributed by atoms with Gasteiger partial charge < -0.3 is 9.64 Å². The lowest BCUT2D eigenvalue weighted by Gasteiger charge is -2.35. The Morgan fingerprint density at radius 2 is 2.15 bits per heavy atom. The monoisotopic (exact) mass is 333 g/mol. The van der Waals surface area contributed by atoms with Gasteiger partial charge in [-0.3, -0.25) is 0 Å². The van der Waals surface area contributed by atoms with Crippen molar-refractivity contribution in [3.8, 4) is 5.88 Å². The van der Waals surface area contributed by atoms with E-state index in [-0.39, 0.29) is 0 Å². The number of ether oxygens (including phenoxy) is 1. The third-order valence-corrected chi connectivity index (χ3v) is 4.18. The van der Waals surface area contributed by atoms with Crippen molar-refractivity contribution < 1.29 is 4.74 Å². The van der Waals surface area contributed by atoms with Crippen LogP contribution in [0.25, 0.3) is 0 Å². The van der Waals surface area contributed by atoms with E-state index in [2.05, 4.69) is 62.0 Å². The Morgan fingerprint density at radius 3 is 2.95 bits per heavy atom. The molecule has 0 N–H and O–H groups in total. The fourth-order valence-corrected chi connectivity index (χ4v) is 2.95. The normalized spacial score (nSPS) is 17.8. The Labute approximate surface area is 126 Å². The maximum Gasteiger partial charge on any atom is 0.233 e. The molecule has 1 unspecified atom stereocenters. The first-order chi connectivity index (χ1) is 9.70. The van der Waals surface area contributed by atoms with Crippen LogP contribution in [0.2, 0.25) is 0 Å². The number of halogens is 1. The zero-order chi connectivity index (χ0) is 14.1. The molecule has 0 saturated heterocycles. The molecule has 0 spiro atoms. The van der Waals surface area contributed by atoms with Crippen LogP contribution in [0.4, 0.5) is 11.6 Å². The number of para-hydroxylation sites is 1. The molecule has 0 fully saturated rings. The largest absolute Gasteiger partial charge is 0.480 e. The zero-order valence-electron chi connectivity index (χ0n) is 11.5. The van der Waals surface area contributed by atoms with E-state index < -0.39 is 0 Å². The summed E-state index contributed by atoms with van der Waals surface area (Å²) in [7, 11) is 1.62. The van der Waals surface area contributed by atoms with E-state index in [0.717, 1.165) is 17.3 Å². The highest BCUT2D eigenvalue weighted by atomic mass is 79.9. The summed E-state index contributed by atoms with van der Waals surface area (Å²) in [5, 5.41) is 0. The highest BCUT2D eigenvalue weighted by molar-refractivity contribution is 9.10. The summed E-state index contributed by atoms with van der Waals surface area (Å²) in [6.45, 7) is 2.20. The van der Waals surface area contributed by atoms with E-state index in [9.17, 15) is 0 Å². The number of rotatable bonds is 2. The molecule has 1 aromatic carbocycles. The molecule has 1 aromatic heterocycles. The molecule has 4 nitrogen and oxygen atoms in total. The van der Waals surface area contributed by atoms with Crippen molar-refractivity contribution >= 4 is 27.6 Å². The summed E-state index contributed by atoms with van der Waals surface area (Å²) in [6.07, 6.45) is 3.94. The molecular formula is C15H16BrN3O. The van der Waals surface area contributed by atoms with E-state index in [0.29, 0.717) is 17.9 Å². The molecule has 0 bridgehead atoms. The van der Waals surface area contributed by atoms with Crippen LogP contribution in [0.5, 0.6) is 5.88 Å². The van der Waals surface area contributed by atoms with Gasteiger partial charge in [0.2, 0.25) is 11.8 Å². The van der Waals surface area contributed by atoms with Crippen molar-refractivity contribution in [2.75, 3.05) is 12.0 Å². The van der Waals surface area contributed by atoms with Gasteiger partial charge in [-0.1, -0.05) is 18.2 Å². The predicted octanol–water partition coefficient (Wildman–Crippen LogP) is 3.72. The topological polar surface area (TPSA) is 38.2 Å². The van der Waals surface area contributed by atoms with Crippen molar-refractivity contribution in [1.29, 1.82) is 0 Å². The van der Waals surface area contributed by atoms with Gasteiger partial charge in [-0.25, -0.2) is 4.98 Å². The van der Waals surface area contributed by atoms with E-state index in [1.165, 1.54) is 11.3 Å². The SMILES string of the molecule is COc1nc(N2c3ccccc3CCC2C)ncc1Br. The first-order valence-electron chi connectivity index (χ1n) is 6.64. The van der Waals surface area contributed by atoms with Crippen LogP contribution in [-0.4, -0.2) is 23.1 Å². The summed E-state index contributed by atoms with van der Waals surface area (Å²) in [5.74, 6) is 1.25. The summed E-state index contributed by atoms with van der Waals surface area (Å²) in [6, 6.07) is 8.80. The van der Waals surface area contributed by atoms with Crippen LogP contribution >= 0.6 is 15.9 Å². The van der Waals surface area contributed by atoms with Crippen LogP contribution in [0.1, 0.15) is 18.9 Å². The minimum Gasteiger partial charge on any atom is -0.480 e. The van der Waals surface area contributed by atoms with E-state index in [4.69, 9.17) is 4.74 Å². The second-order valence-corrected chi connectivity index (χ2v) is 5.77. The number of hydrogen-bond donors (Lipinski definition) is 0. The lowest BCUT2D eigenvalue weighted by molar-refractivity contribution is 0.393. The van der Waals surface area contributed by atoms with Gasteiger partial charge in [0.25, 0.3) is 0 Å². The average Bonchev–Trinajstić information content (AvgIpc) is 2.48. The minimum atomic E-state index is 0.371. The van der Waals surface area contributed by atoms with Gasteiger partial charge in [-0.2, -0.15) is 4.98 Å². The van der Waals surface area contributed by atoms with Crippen molar-refractivity contribution in [3.63, 3.8) is 0 Å². The van der Waals surface area contributed by atoms with Crippen molar-refractivity contribution in [3.05, 3.63) is 40.5 Å². The van der Waals surface area contributed by atoms with E-state index in [1.807, 2.05) is 0 Å². The summed E-state index contributed by atoms with van der Waals surface area (Å²) in [5.41, 5.74) is 2.53. The number of methoxy groups -OCH3 is 1. The molecule has 0 saturated carbocycles. The molecular weight excluding hydrogens is 318 g/mol. The van der Waals surface area contributed by atoms with Crippen molar-refractivity contribution in [2.45, 2.75) is 25.8 Å². The number of hydrogen-bond acceptors (Lipinski definition) is 4. The third kappa shape index (κ3) is 2.26. The van der Waals surface area contributed by atoms with Crippen LogP contribution in [0.3, 0.4) is 0 Å². The second-order valence-electron chi connectivity index (χ2n) is 4.91. The zero-order valence-corrected chi connectivity index (χ0v) is 13.1. The smallest absolute Gasteiger partial charge is 0.233 e. The van der Waals surface area contributed by atoms with Crippen LogP contribution in [0, 0.1) is 0 Å². The number of aryl methyl sites for hydroxylation is 1. The Morgan fingerprint density at radius 1 is 1.35 bits per heavy atom. The van der Waals surface area contributed by atoms with Gasteiger partial charge >= 0.3 is 0 Å². The Balaban J connectivity index is 2.09. The summed E-state index contributed by atoms with van der Waals surface area (Å²) < 4.78 is 6.04. The Bertz CT molecular complexity index is 632. The fourth-order valence-electron chi connectivity index (χ4n) is 2.59. The molecule has 1 aliphatic rings. The highest BCUT2D eigenvalue weighted by Gasteiger charge is 2.26. The quantitative estimate of drug-likeness (QED) is 0.839. The number of anilines is 2. The Hall–Kier alpha value is -1.62. The van der Waals surface area contributed by atoms with E-state index >= 15 is 0 Å². The van der Waals surface area contributed by atoms with Crippen LogP contribution < -0.4 is 9.64 Å². The van der Waals surface area contributed by atoms with Gasteiger partial charge in [-0.15, -0.1) is 0 Å². The number of aromatic nitrogens is 2. The molecule has 0 aliphatic carbocycles. The predicted molar refractivity (Wildman–Crippen MR) is 82.6 cm³/mol. The fraction of sp³-hybridized carbons (Fsp3) is 0.333.